The number of fused-ring (bicyclic) bond motifs is 1. The molecule has 1 aromatic carbocycles. The van der Waals surface area contributed by atoms with Crippen LogP contribution in [-0.4, -0.2) is 17.4 Å². The summed E-state index contributed by atoms with van der Waals surface area (Å²) in [5.41, 5.74) is 1.93. The summed E-state index contributed by atoms with van der Waals surface area (Å²) in [5.74, 6) is -0.589. The van der Waals surface area contributed by atoms with Crippen LogP contribution in [0.1, 0.15) is 45.7 Å². The van der Waals surface area contributed by atoms with E-state index in [1.165, 1.54) is 10.4 Å². The van der Waals surface area contributed by atoms with Crippen LogP contribution in [0.15, 0.2) is 29.6 Å². The van der Waals surface area contributed by atoms with Gasteiger partial charge >= 0.3 is 0 Å². The number of thiophene rings is 1. The molecule has 2 nitrogen and oxygen atoms in total. The molecule has 0 fully saturated rings. The molecule has 0 saturated heterocycles. The number of hydrogen-bond acceptors (Lipinski definition) is 2. The van der Waals surface area contributed by atoms with Crippen molar-refractivity contribution in [3.63, 3.8) is 0 Å². The van der Waals surface area contributed by atoms with Gasteiger partial charge in [-0.3, -0.25) is 4.79 Å². The summed E-state index contributed by atoms with van der Waals surface area (Å²) in [5, 5.41) is 2.08. The van der Waals surface area contributed by atoms with E-state index in [1.807, 2.05) is 4.90 Å². The third-order valence-corrected chi connectivity index (χ3v) is 5.16. The van der Waals surface area contributed by atoms with Gasteiger partial charge in [-0.1, -0.05) is 19.1 Å². The van der Waals surface area contributed by atoms with Crippen molar-refractivity contribution >= 4 is 17.2 Å². The highest BCUT2D eigenvalue weighted by molar-refractivity contribution is 7.10. The molecule has 1 aliphatic heterocycles. The van der Waals surface area contributed by atoms with Crippen LogP contribution in [0.25, 0.3) is 0 Å². The standard InChI is InChI=1S/C17H18FNOS/c1-3-14-12-8-10-21-15(12)7-9-19(14)17(20)13-6-4-5-11(2)16(13)18/h4-6,8,10,14H,3,7,9H2,1-2H3. The Morgan fingerprint density at radius 3 is 3.00 bits per heavy atom. The zero-order valence-electron chi connectivity index (χ0n) is 12.2. The Hall–Kier alpha value is -1.68. The average Bonchev–Trinajstić information content (AvgIpc) is 2.96. The molecule has 0 spiro atoms. The lowest BCUT2D eigenvalue weighted by Crippen LogP contribution is -2.39. The fourth-order valence-electron chi connectivity index (χ4n) is 3.05. The van der Waals surface area contributed by atoms with E-state index < -0.39 is 5.82 Å². The minimum atomic E-state index is -0.395. The van der Waals surface area contributed by atoms with Gasteiger partial charge in [-0.15, -0.1) is 11.3 Å². The molecule has 1 atom stereocenters. The summed E-state index contributed by atoms with van der Waals surface area (Å²) in [6.07, 6.45) is 1.71. The highest BCUT2D eigenvalue weighted by Gasteiger charge is 2.32. The van der Waals surface area contributed by atoms with Crippen LogP contribution in [0.5, 0.6) is 0 Å². The lowest BCUT2D eigenvalue weighted by Gasteiger charge is -2.35. The molecule has 0 N–H and O–H groups in total. The third-order valence-electron chi connectivity index (χ3n) is 4.16. The lowest BCUT2D eigenvalue weighted by molar-refractivity contribution is 0.0652. The van der Waals surface area contributed by atoms with Gasteiger partial charge in [0.25, 0.3) is 5.91 Å². The van der Waals surface area contributed by atoms with Gasteiger partial charge in [0, 0.05) is 11.4 Å². The van der Waals surface area contributed by atoms with Gasteiger partial charge < -0.3 is 4.90 Å². The number of carbonyl (C=O) groups is 1. The second-order valence-corrected chi connectivity index (χ2v) is 6.41. The fraction of sp³-hybridized carbons (Fsp3) is 0.353. The maximum Gasteiger partial charge on any atom is 0.257 e. The molecule has 1 aromatic heterocycles. The average molecular weight is 303 g/mol. The summed E-state index contributed by atoms with van der Waals surface area (Å²) in [4.78, 5) is 15.9. The number of hydrogen-bond donors (Lipinski definition) is 0. The molecule has 1 amide bonds. The molecular weight excluding hydrogens is 285 g/mol. The molecule has 0 bridgehead atoms. The van der Waals surface area contributed by atoms with Crippen molar-refractivity contribution < 1.29 is 9.18 Å². The number of amides is 1. The zero-order chi connectivity index (χ0) is 15.0. The molecule has 1 aliphatic rings. The molecule has 2 aromatic rings. The number of benzene rings is 1. The van der Waals surface area contributed by atoms with Crippen LogP contribution in [-0.2, 0) is 6.42 Å². The van der Waals surface area contributed by atoms with E-state index in [9.17, 15) is 9.18 Å². The van der Waals surface area contributed by atoms with Gasteiger partial charge in [0.15, 0.2) is 0 Å². The molecular formula is C17H18FNOS. The van der Waals surface area contributed by atoms with Crippen molar-refractivity contribution in [1.82, 2.24) is 4.90 Å². The normalized spacial score (nSPS) is 17.7. The first-order valence-electron chi connectivity index (χ1n) is 7.25. The van der Waals surface area contributed by atoms with Crippen molar-refractivity contribution in [2.45, 2.75) is 32.7 Å². The molecule has 1 unspecified atom stereocenters. The Morgan fingerprint density at radius 2 is 2.24 bits per heavy atom. The van der Waals surface area contributed by atoms with Gasteiger partial charge in [-0.2, -0.15) is 0 Å². The molecule has 3 rings (SSSR count). The fourth-order valence-corrected chi connectivity index (χ4v) is 3.98. The number of halogens is 1. The second kappa shape index (κ2) is 5.60. The lowest BCUT2D eigenvalue weighted by atomic mass is 9.96. The van der Waals surface area contributed by atoms with E-state index in [1.54, 1.807) is 36.5 Å². The predicted molar refractivity (Wildman–Crippen MR) is 83.2 cm³/mol. The maximum absolute atomic E-state index is 14.2. The second-order valence-electron chi connectivity index (χ2n) is 5.41. The summed E-state index contributed by atoms with van der Waals surface area (Å²) in [6.45, 7) is 4.43. The monoisotopic (exact) mass is 303 g/mol. The summed E-state index contributed by atoms with van der Waals surface area (Å²) < 4.78 is 14.2. The highest BCUT2D eigenvalue weighted by Crippen LogP contribution is 2.36. The Balaban J connectivity index is 1.97. The Kier molecular flexibility index (Phi) is 3.81. The Labute approximate surface area is 128 Å². The Morgan fingerprint density at radius 1 is 1.43 bits per heavy atom. The van der Waals surface area contributed by atoms with Crippen molar-refractivity contribution in [2.75, 3.05) is 6.54 Å². The van der Waals surface area contributed by atoms with Crippen LogP contribution in [0.3, 0.4) is 0 Å². The maximum atomic E-state index is 14.2. The topological polar surface area (TPSA) is 20.3 Å². The number of nitrogens with zero attached hydrogens (tertiary/aromatic N) is 1. The van der Waals surface area contributed by atoms with Gasteiger partial charge in [-0.25, -0.2) is 4.39 Å². The molecule has 2 heterocycles. The first kappa shape index (κ1) is 14.3. The first-order chi connectivity index (χ1) is 10.1. The predicted octanol–water partition coefficient (Wildman–Crippen LogP) is 4.35. The van der Waals surface area contributed by atoms with Crippen molar-refractivity contribution in [3.05, 3.63) is 57.0 Å². The molecule has 0 radical (unpaired) electrons. The van der Waals surface area contributed by atoms with E-state index >= 15 is 0 Å². The summed E-state index contributed by atoms with van der Waals surface area (Å²) in [7, 11) is 0. The first-order valence-corrected chi connectivity index (χ1v) is 8.13. The minimum Gasteiger partial charge on any atom is -0.331 e. The minimum absolute atomic E-state index is 0.0624. The van der Waals surface area contributed by atoms with Crippen LogP contribution in [0.2, 0.25) is 0 Å². The highest BCUT2D eigenvalue weighted by atomic mass is 32.1. The molecule has 0 saturated carbocycles. The Bertz CT molecular complexity index is 679. The van der Waals surface area contributed by atoms with E-state index in [0.717, 1.165) is 12.8 Å². The number of carbonyl (C=O) groups excluding carboxylic acids is 1. The third kappa shape index (κ3) is 2.38. The number of rotatable bonds is 2. The van der Waals surface area contributed by atoms with Crippen LogP contribution < -0.4 is 0 Å². The molecule has 4 heteroatoms. The van der Waals surface area contributed by atoms with E-state index in [-0.39, 0.29) is 17.5 Å². The van der Waals surface area contributed by atoms with Crippen LogP contribution >= 0.6 is 11.3 Å². The molecule has 21 heavy (non-hydrogen) atoms. The number of aryl methyl sites for hydroxylation is 1. The summed E-state index contributed by atoms with van der Waals surface area (Å²) in [6, 6.07) is 7.18. The smallest absolute Gasteiger partial charge is 0.257 e. The molecule has 0 aliphatic carbocycles. The van der Waals surface area contributed by atoms with E-state index in [2.05, 4.69) is 18.4 Å². The van der Waals surface area contributed by atoms with Crippen molar-refractivity contribution in [3.8, 4) is 0 Å². The van der Waals surface area contributed by atoms with Gasteiger partial charge in [-0.05, 0) is 48.4 Å². The largest absolute Gasteiger partial charge is 0.331 e. The van der Waals surface area contributed by atoms with Gasteiger partial charge in [0.1, 0.15) is 5.82 Å². The van der Waals surface area contributed by atoms with E-state index in [4.69, 9.17) is 0 Å². The van der Waals surface area contributed by atoms with E-state index in [0.29, 0.717) is 12.1 Å². The summed E-state index contributed by atoms with van der Waals surface area (Å²) >= 11 is 1.75. The SMILES string of the molecule is CCC1c2ccsc2CCN1C(=O)c1cccc(C)c1F. The zero-order valence-corrected chi connectivity index (χ0v) is 13.0. The van der Waals surface area contributed by atoms with Crippen LogP contribution in [0.4, 0.5) is 4.39 Å². The van der Waals surface area contributed by atoms with Crippen molar-refractivity contribution in [1.29, 1.82) is 0 Å². The van der Waals surface area contributed by atoms with Gasteiger partial charge in [0.05, 0.1) is 11.6 Å². The molecule has 110 valence electrons. The van der Waals surface area contributed by atoms with Crippen LogP contribution in [0, 0.1) is 12.7 Å². The quantitative estimate of drug-likeness (QED) is 0.808. The van der Waals surface area contributed by atoms with Crippen molar-refractivity contribution in [2.24, 2.45) is 0 Å². The van der Waals surface area contributed by atoms with Gasteiger partial charge in [0.2, 0.25) is 0 Å².